The van der Waals surface area contributed by atoms with Crippen LogP contribution < -0.4 is 0 Å². The van der Waals surface area contributed by atoms with Crippen molar-refractivity contribution in [1.29, 1.82) is 0 Å². The minimum atomic E-state index is -3.33. The van der Waals surface area contributed by atoms with Crippen LogP contribution in [0.4, 0.5) is 0 Å². The van der Waals surface area contributed by atoms with Gasteiger partial charge < -0.3 is 14.2 Å². The van der Waals surface area contributed by atoms with E-state index in [4.69, 9.17) is 14.2 Å². The molecule has 0 radical (unpaired) electrons. The molecule has 0 N–H and O–H groups in total. The predicted octanol–water partition coefficient (Wildman–Crippen LogP) is 1.20. The normalized spacial score (nSPS) is 13.6. The highest BCUT2D eigenvalue weighted by atomic mass is 32.2. The Balaban J connectivity index is 3.15. The molecule has 0 aromatic rings. The molecule has 0 bridgehead atoms. The van der Waals surface area contributed by atoms with Crippen molar-refractivity contribution in [3.05, 3.63) is 0 Å². The summed E-state index contributed by atoms with van der Waals surface area (Å²) in [6.45, 7) is 7.03. The average molecular weight is 298 g/mol. The average Bonchev–Trinajstić information content (AvgIpc) is 2.30. The van der Waals surface area contributed by atoms with Crippen LogP contribution in [0.2, 0.25) is 0 Å². The lowest BCUT2D eigenvalue weighted by Gasteiger charge is -2.11. The van der Waals surface area contributed by atoms with Crippen molar-refractivity contribution in [3.8, 4) is 0 Å². The maximum atomic E-state index is 10.6. The minimum absolute atomic E-state index is 0.158. The maximum Gasteiger partial charge on any atom is 0.264 e. The predicted molar refractivity (Wildman–Crippen MR) is 72.8 cm³/mol. The summed E-state index contributed by atoms with van der Waals surface area (Å²) in [5.74, 6) is 0. The summed E-state index contributed by atoms with van der Waals surface area (Å²) < 4.78 is 41.9. The molecule has 116 valence electrons. The second-order valence-corrected chi connectivity index (χ2v) is 5.80. The van der Waals surface area contributed by atoms with Gasteiger partial charge in [0, 0.05) is 19.8 Å². The Morgan fingerprint density at radius 2 is 1.63 bits per heavy atom. The van der Waals surface area contributed by atoms with Crippen LogP contribution in [0.15, 0.2) is 0 Å². The Morgan fingerprint density at radius 3 is 2.21 bits per heavy atom. The summed E-state index contributed by atoms with van der Waals surface area (Å²) in [5, 5.41) is 0. The van der Waals surface area contributed by atoms with Crippen LogP contribution in [-0.4, -0.2) is 60.4 Å². The van der Waals surface area contributed by atoms with Crippen molar-refractivity contribution in [2.75, 3.05) is 45.9 Å². The number of rotatable bonds is 13. The van der Waals surface area contributed by atoms with E-state index in [1.807, 2.05) is 13.8 Å². The second-order valence-electron chi connectivity index (χ2n) is 4.16. The highest BCUT2D eigenvalue weighted by molar-refractivity contribution is 7.85. The zero-order valence-electron chi connectivity index (χ0n) is 12.1. The highest BCUT2D eigenvalue weighted by Gasteiger charge is 2.01. The summed E-state index contributed by atoms with van der Waals surface area (Å²) >= 11 is 0. The fraction of sp³-hybridized carbons (Fsp3) is 1.00. The molecule has 0 aromatic heterocycles. The minimum Gasteiger partial charge on any atom is -0.379 e. The first-order valence-corrected chi connectivity index (χ1v) is 8.39. The molecule has 7 heteroatoms. The van der Waals surface area contributed by atoms with Gasteiger partial charge in [0.15, 0.2) is 0 Å². The van der Waals surface area contributed by atoms with E-state index in [1.54, 1.807) is 0 Å². The van der Waals surface area contributed by atoms with Crippen molar-refractivity contribution in [2.24, 2.45) is 0 Å². The van der Waals surface area contributed by atoms with Gasteiger partial charge in [0.25, 0.3) is 10.1 Å². The maximum absolute atomic E-state index is 10.6. The molecular formula is C12H26O6S. The topological polar surface area (TPSA) is 71.1 Å². The fourth-order valence-corrected chi connectivity index (χ4v) is 1.73. The number of ether oxygens (including phenoxy) is 3. The zero-order valence-corrected chi connectivity index (χ0v) is 12.9. The summed E-state index contributed by atoms with van der Waals surface area (Å²) in [4.78, 5) is 0. The lowest BCUT2D eigenvalue weighted by Crippen LogP contribution is -2.13. The number of hydrogen-bond donors (Lipinski definition) is 0. The van der Waals surface area contributed by atoms with Gasteiger partial charge in [-0.05, 0) is 26.7 Å². The largest absolute Gasteiger partial charge is 0.379 e. The van der Waals surface area contributed by atoms with Crippen molar-refractivity contribution >= 4 is 10.1 Å². The van der Waals surface area contributed by atoms with E-state index in [2.05, 4.69) is 4.18 Å². The molecule has 0 fully saturated rings. The van der Waals surface area contributed by atoms with Crippen LogP contribution >= 0.6 is 0 Å². The summed E-state index contributed by atoms with van der Waals surface area (Å²) in [5.41, 5.74) is 0. The summed E-state index contributed by atoms with van der Waals surface area (Å²) in [7, 11) is -3.33. The quantitative estimate of drug-likeness (QED) is 0.376. The van der Waals surface area contributed by atoms with Crippen LogP contribution in [0.25, 0.3) is 0 Å². The molecule has 19 heavy (non-hydrogen) atoms. The summed E-state index contributed by atoms with van der Waals surface area (Å²) in [6.07, 6.45) is 2.68. The Hall–Kier alpha value is -0.210. The first kappa shape index (κ1) is 18.8. The van der Waals surface area contributed by atoms with Gasteiger partial charge in [-0.1, -0.05) is 0 Å². The molecule has 0 aromatic carbocycles. The lowest BCUT2D eigenvalue weighted by atomic mass is 10.3. The standard InChI is InChI=1S/C12H26O6S/c1-4-17-12(2)6-9-16-11-10-15-7-5-8-18-19(3,13)14/h12H,4-11H2,1-3H3. The van der Waals surface area contributed by atoms with Gasteiger partial charge in [-0.3, -0.25) is 4.18 Å². The molecule has 1 unspecified atom stereocenters. The van der Waals surface area contributed by atoms with Crippen molar-refractivity contribution in [2.45, 2.75) is 32.8 Å². The third-order valence-corrected chi connectivity index (χ3v) is 2.82. The van der Waals surface area contributed by atoms with E-state index < -0.39 is 10.1 Å². The van der Waals surface area contributed by atoms with Crippen LogP contribution in [-0.2, 0) is 28.5 Å². The van der Waals surface area contributed by atoms with Gasteiger partial charge >= 0.3 is 0 Å². The van der Waals surface area contributed by atoms with E-state index >= 15 is 0 Å². The van der Waals surface area contributed by atoms with Gasteiger partial charge in [-0.2, -0.15) is 8.42 Å². The van der Waals surface area contributed by atoms with Crippen LogP contribution in [0.1, 0.15) is 26.7 Å². The smallest absolute Gasteiger partial charge is 0.264 e. The third-order valence-electron chi connectivity index (χ3n) is 2.22. The molecule has 0 aliphatic rings. The molecule has 0 amide bonds. The third kappa shape index (κ3) is 15.7. The SMILES string of the molecule is CCOC(C)CCOCCOCCCOS(C)(=O)=O. The van der Waals surface area contributed by atoms with E-state index in [1.165, 1.54) is 0 Å². The molecule has 6 nitrogen and oxygen atoms in total. The van der Waals surface area contributed by atoms with E-state index in [9.17, 15) is 8.42 Å². The van der Waals surface area contributed by atoms with Crippen LogP contribution in [0.5, 0.6) is 0 Å². The van der Waals surface area contributed by atoms with Crippen LogP contribution in [0, 0.1) is 0 Å². The molecule has 0 rings (SSSR count). The zero-order chi connectivity index (χ0) is 14.6. The monoisotopic (exact) mass is 298 g/mol. The van der Waals surface area contributed by atoms with E-state index in [0.717, 1.165) is 19.3 Å². The van der Waals surface area contributed by atoms with Gasteiger partial charge in [0.1, 0.15) is 0 Å². The fourth-order valence-electron chi connectivity index (χ4n) is 1.31. The van der Waals surface area contributed by atoms with Crippen molar-refractivity contribution in [1.82, 2.24) is 0 Å². The highest BCUT2D eigenvalue weighted by Crippen LogP contribution is 1.97. The first-order chi connectivity index (χ1) is 8.95. The van der Waals surface area contributed by atoms with Gasteiger partial charge in [0.05, 0.1) is 32.2 Å². The molecule has 0 aliphatic heterocycles. The summed E-state index contributed by atoms with van der Waals surface area (Å²) in [6, 6.07) is 0. The molecule has 0 spiro atoms. The molecule has 0 aliphatic carbocycles. The Bertz CT molecular complexity index is 291. The van der Waals surface area contributed by atoms with Crippen molar-refractivity contribution < 1.29 is 26.8 Å². The van der Waals surface area contributed by atoms with Gasteiger partial charge in [-0.25, -0.2) is 0 Å². The molecule has 0 saturated carbocycles. The van der Waals surface area contributed by atoms with Crippen molar-refractivity contribution in [3.63, 3.8) is 0 Å². The molecule has 1 atom stereocenters. The first-order valence-electron chi connectivity index (χ1n) is 6.57. The Labute approximate surface area is 116 Å². The Morgan fingerprint density at radius 1 is 1.00 bits per heavy atom. The second kappa shape index (κ2) is 11.6. The van der Waals surface area contributed by atoms with E-state index in [0.29, 0.717) is 32.8 Å². The molecule has 0 heterocycles. The van der Waals surface area contributed by atoms with Gasteiger partial charge in [-0.15, -0.1) is 0 Å². The molecular weight excluding hydrogens is 272 g/mol. The lowest BCUT2D eigenvalue weighted by molar-refractivity contribution is 0.0146. The van der Waals surface area contributed by atoms with Crippen LogP contribution in [0.3, 0.4) is 0 Å². The van der Waals surface area contributed by atoms with E-state index in [-0.39, 0.29) is 12.7 Å². The number of hydrogen-bond acceptors (Lipinski definition) is 6. The molecule has 0 saturated heterocycles. The Kier molecular flexibility index (Phi) is 11.5. The van der Waals surface area contributed by atoms with Gasteiger partial charge in [0.2, 0.25) is 0 Å².